The summed E-state index contributed by atoms with van der Waals surface area (Å²) >= 11 is 0. The van der Waals surface area contributed by atoms with E-state index in [9.17, 15) is 24.9 Å². The van der Waals surface area contributed by atoms with Crippen LogP contribution in [0.4, 0.5) is 5.82 Å². The number of unbranched alkanes of at least 4 members (excludes halogenated alkanes) is 2. The van der Waals surface area contributed by atoms with Gasteiger partial charge >= 0.3 is 0 Å². The van der Waals surface area contributed by atoms with E-state index in [1.807, 2.05) is 19.2 Å². The number of allylic oxidation sites excluding steroid dienone is 1. The number of nitrogen functional groups attached to an aromatic ring is 1. The molecule has 0 radical (unpaired) electrons. The number of aliphatic hydroxyl groups excluding tert-OH is 2. The number of ketones is 2. The Labute approximate surface area is 314 Å². The minimum Gasteiger partial charge on any atom is -0.504 e. The Morgan fingerprint density at radius 1 is 0.868 bits per heavy atom. The molecule has 1 heterocycles. The van der Waals surface area contributed by atoms with Gasteiger partial charge in [0.2, 0.25) is 0 Å². The molecule has 6 N–H and O–H groups in total. The number of ether oxygens (including phenoxy) is 1. The first-order valence-corrected chi connectivity index (χ1v) is 18.6. The van der Waals surface area contributed by atoms with Gasteiger partial charge in [-0.3, -0.25) is 9.59 Å². The van der Waals surface area contributed by atoms with E-state index in [0.29, 0.717) is 42.1 Å². The highest BCUT2D eigenvalue weighted by molar-refractivity contribution is 6.07. The van der Waals surface area contributed by atoms with Crippen molar-refractivity contribution in [2.75, 3.05) is 32.7 Å². The van der Waals surface area contributed by atoms with Crippen LogP contribution in [0, 0.1) is 5.92 Å². The van der Waals surface area contributed by atoms with Crippen molar-refractivity contribution in [1.29, 1.82) is 0 Å². The number of phenols is 1. The Morgan fingerprint density at radius 3 is 2.30 bits per heavy atom. The van der Waals surface area contributed by atoms with Crippen LogP contribution in [0.25, 0.3) is 5.57 Å². The fraction of sp³-hybridized carbons (Fsp3) is 0.386. The van der Waals surface area contributed by atoms with Crippen LogP contribution >= 0.6 is 0 Å². The number of hydrogen-bond acceptors (Lipinski definition) is 9. The average Bonchev–Trinajstić information content (AvgIpc) is 3.15. The number of aryl methyl sites for hydroxylation is 4. The van der Waals surface area contributed by atoms with E-state index in [-0.39, 0.29) is 29.3 Å². The molecule has 0 bridgehead atoms. The van der Waals surface area contributed by atoms with Crippen LogP contribution in [0.1, 0.15) is 84.4 Å². The summed E-state index contributed by atoms with van der Waals surface area (Å²) in [6.45, 7) is 2.00. The third-order valence-electron chi connectivity index (χ3n) is 9.54. The summed E-state index contributed by atoms with van der Waals surface area (Å²) in [5.74, 6) is 0.223. The van der Waals surface area contributed by atoms with Crippen LogP contribution in [0.15, 0.2) is 85.1 Å². The summed E-state index contributed by atoms with van der Waals surface area (Å²) in [5, 5.41) is 33.9. The van der Waals surface area contributed by atoms with Gasteiger partial charge < -0.3 is 31.1 Å². The van der Waals surface area contributed by atoms with Gasteiger partial charge in [-0.1, -0.05) is 74.4 Å². The van der Waals surface area contributed by atoms with Crippen molar-refractivity contribution in [1.82, 2.24) is 10.3 Å². The van der Waals surface area contributed by atoms with Gasteiger partial charge in [0.25, 0.3) is 0 Å². The zero-order chi connectivity index (χ0) is 38.0. The van der Waals surface area contributed by atoms with Crippen molar-refractivity contribution >= 4 is 23.0 Å². The number of carbonyl (C=O) groups excluding carboxylic acids is 2. The summed E-state index contributed by atoms with van der Waals surface area (Å²) in [7, 11) is 1.94. The van der Waals surface area contributed by atoms with Gasteiger partial charge in [0, 0.05) is 12.6 Å². The van der Waals surface area contributed by atoms with E-state index in [4.69, 9.17) is 10.5 Å². The predicted octanol–water partition coefficient (Wildman–Crippen LogP) is 6.57. The number of anilines is 1. The van der Waals surface area contributed by atoms with Crippen LogP contribution in [-0.4, -0.2) is 58.9 Å². The lowest BCUT2D eigenvalue weighted by molar-refractivity contribution is -0.124. The van der Waals surface area contributed by atoms with Gasteiger partial charge in [0.05, 0.1) is 13.0 Å². The smallest absolute Gasteiger partial charge is 0.186 e. The number of pyridine rings is 1. The fourth-order valence-electron chi connectivity index (χ4n) is 6.71. The minimum absolute atomic E-state index is 0.000891. The van der Waals surface area contributed by atoms with Crippen molar-refractivity contribution in [3.05, 3.63) is 124 Å². The second-order valence-corrected chi connectivity index (χ2v) is 13.9. The van der Waals surface area contributed by atoms with Crippen LogP contribution in [-0.2, 0) is 41.7 Å². The molecule has 4 aromatic rings. The highest BCUT2D eigenvalue weighted by Gasteiger charge is 2.18. The molecule has 0 aliphatic rings. The third kappa shape index (κ3) is 13.6. The molecule has 1 atom stereocenters. The van der Waals surface area contributed by atoms with E-state index < -0.39 is 19.2 Å². The maximum absolute atomic E-state index is 13.1. The maximum atomic E-state index is 13.1. The number of hydrogen-bond donors (Lipinski definition) is 5. The van der Waals surface area contributed by atoms with E-state index in [1.54, 1.807) is 6.20 Å². The third-order valence-corrected chi connectivity index (χ3v) is 9.54. The number of aliphatic hydroxyl groups is 2. The number of nitrogens with two attached hydrogens (primary N) is 1. The SMILES string of the molecule is CNC[C@H](C)CCCCCC(=O)CC(=O)/C=C(\CO)c1cc(OCO)c(O)cc1Cc1cnc(N)cc1CCc1cccc(CCc2ccccc2)c1. The number of aromatic nitrogens is 1. The predicted molar refractivity (Wildman–Crippen MR) is 211 cm³/mol. The summed E-state index contributed by atoms with van der Waals surface area (Å²) in [6, 6.07) is 23.9. The van der Waals surface area contributed by atoms with Gasteiger partial charge in [-0.15, -0.1) is 0 Å². The highest BCUT2D eigenvalue weighted by atomic mass is 16.6. The van der Waals surface area contributed by atoms with E-state index in [2.05, 4.69) is 65.8 Å². The molecule has 0 fully saturated rings. The molecule has 4 rings (SSSR count). The quantitative estimate of drug-likeness (QED) is 0.0248. The van der Waals surface area contributed by atoms with Gasteiger partial charge in [0.1, 0.15) is 11.6 Å². The largest absolute Gasteiger partial charge is 0.504 e. The number of nitrogens with one attached hydrogen (secondary N) is 1. The van der Waals surface area contributed by atoms with Crippen LogP contribution in [0.2, 0.25) is 0 Å². The average molecular weight is 722 g/mol. The van der Waals surface area contributed by atoms with Gasteiger partial charge in [-0.2, -0.15) is 0 Å². The molecule has 0 saturated heterocycles. The Kier molecular flexibility index (Phi) is 16.7. The molecule has 0 aliphatic heterocycles. The summed E-state index contributed by atoms with van der Waals surface area (Å²) in [4.78, 5) is 30.1. The van der Waals surface area contributed by atoms with Crippen molar-refractivity contribution in [2.45, 2.75) is 77.6 Å². The van der Waals surface area contributed by atoms with Crippen molar-refractivity contribution < 1.29 is 29.6 Å². The Morgan fingerprint density at radius 2 is 1.58 bits per heavy atom. The zero-order valence-corrected chi connectivity index (χ0v) is 31.2. The lowest BCUT2D eigenvalue weighted by Gasteiger charge is -2.17. The molecule has 0 spiro atoms. The maximum Gasteiger partial charge on any atom is 0.186 e. The molecule has 53 heavy (non-hydrogen) atoms. The van der Waals surface area contributed by atoms with Crippen molar-refractivity contribution in [3.8, 4) is 11.5 Å². The Hall–Kier alpha value is -4.83. The van der Waals surface area contributed by atoms with Crippen LogP contribution in [0.3, 0.4) is 0 Å². The van der Waals surface area contributed by atoms with E-state index in [0.717, 1.165) is 62.6 Å². The highest BCUT2D eigenvalue weighted by Crippen LogP contribution is 2.35. The van der Waals surface area contributed by atoms with Gasteiger partial charge in [-0.05, 0) is 133 Å². The number of carbonyl (C=O) groups is 2. The number of rotatable bonds is 23. The Balaban J connectivity index is 1.48. The first-order valence-electron chi connectivity index (χ1n) is 18.6. The molecule has 0 saturated carbocycles. The number of aromatic hydroxyl groups is 1. The first-order chi connectivity index (χ1) is 25.7. The van der Waals surface area contributed by atoms with Gasteiger partial charge in [0.15, 0.2) is 24.1 Å². The standard InChI is InChI=1S/C44H55N3O6/c1-31(27-46-2)10-5-3-8-15-39(50)25-40(51)22-38(29-48)41-26-43(53-30-49)42(52)23-36(41)21-37-28-47-44(45)24-35(37)19-18-34-14-9-13-33(20-34)17-16-32-11-6-4-7-12-32/h4,6-7,9,11-14,20,22-24,26,28,31,46,48-49,52H,3,5,8,10,15-19,21,25,27,29-30H2,1-2H3,(H2,45,47)/b38-22+/t31-/m1/s1. The molecule has 0 unspecified atom stereocenters. The molecule has 0 amide bonds. The molecule has 0 aliphatic carbocycles. The summed E-state index contributed by atoms with van der Waals surface area (Å²) in [6.07, 6.45) is 10.6. The molecule has 3 aromatic carbocycles. The fourth-order valence-corrected chi connectivity index (χ4v) is 6.71. The number of phenolic OH excluding ortho intramolecular Hbond substituents is 1. The lowest BCUT2D eigenvalue weighted by Crippen LogP contribution is -2.15. The van der Waals surface area contributed by atoms with Crippen molar-refractivity contribution in [2.24, 2.45) is 5.92 Å². The molecule has 1 aromatic heterocycles. The summed E-state index contributed by atoms with van der Waals surface area (Å²) < 4.78 is 5.24. The monoisotopic (exact) mass is 721 g/mol. The number of benzene rings is 3. The van der Waals surface area contributed by atoms with E-state index >= 15 is 0 Å². The minimum atomic E-state index is -0.675. The van der Waals surface area contributed by atoms with Crippen LogP contribution < -0.4 is 15.8 Å². The lowest BCUT2D eigenvalue weighted by atomic mass is 9.91. The van der Waals surface area contributed by atoms with Gasteiger partial charge in [-0.25, -0.2) is 4.98 Å². The zero-order valence-electron chi connectivity index (χ0n) is 31.2. The molecular formula is C44H55N3O6. The molecular weight excluding hydrogens is 666 g/mol. The Bertz CT molecular complexity index is 1810. The molecule has 9 nitrogen and oxygen atoms in total. The number of Topliss-reactive ketones (excluding diaryl/α,β-unsaturated/α-hetero) is 1. The second-order valence-electron chi connectivity index (χ2n) is 13.9. The summed E-state index contributed by atoms with van der Waals surface area (Å²) in [5.41, 5.74) is 13.1. The van der Waals surface area contributed by atoms with E-state index in [1.165, 1.54) is 34.9 Å². The van der Waals surface area contributed by atoms with Crippen LogP contribution in [0.5, 0.6) is 11.5 Å². The topological polar surface area (TPSA) is 155 Å². The molecule has 9 heteroatoms. The first kappa shape index (κ1) is 40.9. The second kappa shape index (κ2) is 21.6. The van der Waals surface area contributed by atoms with Crippen molar-refractivity contribution in [3.63, 3.8) is 0 Å². The number of nitrogens with zero attached hydrogens (tertiary/aromatic N) is 1. The molecule has 282 valence electrons. The normalized spacial score (nSPS) is 12.1.